The summed E-state index contributed by atoms with van der Waals surface area (Å²) >= 11 is 12.3. The molecule has 0 aliphatic rings. The Morgan fingerprint density at radius 3 is 2.42 bits per heavy atom. The van der Waals surface area contributed by atoms with Crippen molar-refractivity contribution in [3.8, 4) is 5.75 Å². The minimum absolute atomic E-state index is 0.0524. The third kappa shape index (κ3) is 7.35. The Hall–Kier alpha value is -3.30. The summed E-state index contributed by atoms with van der Waals surface area (Å²) in [6.07, 6.45) is 1.08. The number of hydrogen-bond acceptors (Lipinski definition) is 6. The molecule has 0 radical (unpaired) electrons. The molecule has 2 aromatic carbocycles. The molecule has 1 aromatic heterocycles. The second-order valence-corrected chi connectivity index (χ2v) is 9.17. The molecule has 0 bridgehead atoms. The highest BCUT2D eigenvalue weighted by molar-refractivity contribution is 6.32. The van der Waals surface area contributed by atoms with Crippen LogP contribution in [0.1, 0.15) is 38.7 Å². The van der Waals surface area contributed by atoms with Crippen molar-refractivity contribution in [2.24, 2.45) is 4.99 Å². The van der Waals surface area contributed by atoms with Crippen LogP contribution < -0.4 is 21.7 Å². The Kier molecular flexibility index (Phi) is 9.55. The molecule has 0 spiro atoms. The number of methoxy groups -OCH3 is 1. The van der Waals surface area contributed by atoms with E-state index in [-0.39, 0.29) is 37.2 Å². The van der Waals surface area contributed by atoms with Crippen LogP contribution >= 0.6 is 23.2 Å². The van der Waals surface area contributed by atoms with E-state index in [9.17, 15) is 14.4 Å². The molecule has 0 aliphatic heterocycles. The summed E-state index contributed by atoms with van der Waals surface area (Å²) in [5.74, 6) is 0.169. The number of halogens is 2. The lowest BCUT2D eigenvalue weighted by Crippen LogP contribution is -2.50. The first-order valence-corrected chi connectivity index (χ1v) is 12.2. The molecule has 0 saturated heterocycles. The van der Waals surface area contributed by atoms with Gasteiger partial charge in [-0.25, -0.2) is 19.1 Å². The Labute approximate surface area is 217 Å². The molecule has 0 aliphatic carbocycles. The van der Waals surface area contributed by atoms with Crippen LogP contribution in [-0.2, 0) is 22.6 Å². The molecule has 36 heavy (non-hydrogen) atoms. The SMILES string of the molecule is COC(=O)CCCCn1c(=O)[nH]/c(=N\c2ccc(OC(C)C)c(Cl)c2)n(Cc2ccc(Cl)cc2)c1=O. The van der Waals surface area contributed by atoms with E-state index in [1.165, 1.54) is 11.7 Å². The maximum atomic E-state index is 13.4. The minimum Gasteiger partial charge on any atom is -0.489 e. The summed E-state index contributed by atoms with van der Waals surface area (Å²) in [4.78, 5) is 44.7. The van der Waals surface area contributed by atoms with Crippen molar-refractivity contribution in [3.05, 3.63) is 84.7 Å². The van der Waals surface area contributed by atoms with Gasteiger partial charge in [-0.05, 0) is 62.6 Å². The highest BCUT2D eigenvalue weighted by atomic mass is 35.5. The number of hydrogen-bond donors (Lipinski definition) is 1. The molecule has 0 unspecified atom stereocenters. The Bertz CT molecular complexity index is 1390. The van der Waals surface area contributed by atoms with Gasteiger partial charge >= 0.3 is 17.3 Å². The van der Waals surface area contributed by atoms with Crippen LogP contribution in [0.4, 0.5) is 5.69 Å². The van der Waals surface area contributed by atoms with E-state index in [0.29, 0.717) is 34.3 Å². The van der Waals surface area contributed by atoms with Crippen LogP contribution in [0, 0.1) is 0 Å². The summed E-state index contributed by atoms with van der Waals surface area (Å²) in [5.41, 5.74) is 0.165. The number of benzene rings is 2. The molecule has 0 amide bonds. The fourth-order valence-corrected chi connectivity index (χ4v) is 3.77. The van der Waals surface area contributed by atoms with Crippen LogP contribution in [0.25, 0.3) is 0 Å². The summed E-state index contributed by atoms with van der Waals surface area (Å²) in [7, 11) is 1.32. The van der Waals surface area contributed by atoms with Gasteiger partial charge in [-0.15, -0.1) is 0 Å². The molecule has 0 atom stereocenters. The van der Waals surface area contributed by atoms with E-state index in [4.69, 9.17) is 27.9 Å². The zero-order valence-electron chi connectivity index (χ0n) is 20.3. The molecule has 3 aromatic rings. The molecule has 11 heteroatoms. The van der Waals surface area contributed by atoms with E-state index < -0.39 is 11.4 Å². The topological polar surface area (TPSA) is 108 Å². The van der Waals surface area contributed by atoms with Gasteiger partial charge in [-0.2, -0.15) is 0 Å². The molecule has 9 nitrogen and oxygen atoms in total. The number of unbranched alkanes of at least 4 members (excludes halogenated alkanes) is 1. The number of nitrogens with one attached hydrogen (secondary N) is 1. The summed E-state index contributed by atoms with van der Waals surface area (Å²) < 4.78 is 12.8. The van der Waals surface area contributed by atoms with Crippen LogP contribution in [0.5, 0.6) is 5.75 Å². The number of nitrogens with zero attached hydrogens (tertiary/aromatic N) is 3. The maximum absolute atomic E-state index is 13.4. The number of ether oxygens (including phenoxy) is 2. The van der Waals surface area contributed by atoms with Crippen molar-refractivity contribution in [3.63, 3.8) is 0 Å². The molecule has 0 fully saturated rings. The van der Waals surface area contributed by atoms with Gasteiger partial charge in [0, 0.05) is 18.0 Å². The van der Waals surface area contributed by atoms with Gasteiger partial charge in [-0.1, -0.05) is 35.3 Å². The first-order chi connectivity index (χ1) is 17.2. The standard InChI is InChI=1S/C25H28Cl2N4O5/c1-16(2)36-21-12-11-19(14-20(21)27)28-23-29-24(33)30(13-5-4-6-22(32)35-3)25(34)31(23)15-17-7-9-18(26)10-8-17/h7-12,14,16H,4-6,13,15H2,1-3H3,(H,28,29,33). The smallest absolute Gasteiger partial charge is 0.335 e. The van der Waals surface area contributed by atoms with Gasteiger partial charge in [0.2, 0.25) is 5.62 Å². The predicted octanol–water partition coefficient (Wildman–Crippen LogP) is 4.06. The molecule has 1 heterocycles. The van der Waals surface area contributed by atoms with Crippen molar-refractivity contribution in [1.29, 1.82) is 0 Å². The lowest BCUT2D eigenvalue weighted by atomic mass is 10.2. The molecule has 192 valence electrons. The molecular weight excluding hydrogens is 507 g/mol. The normalized spacial score (nSPS) is 11.7. The van der Waals surface area contributed by atoms with Crippen LogP contribution in [0.3, 0.4) is 0 Å². The number of carbonyl (C=O) groups is 1. The van der Waals surface area contributed by atoms with Crippen LogP contribution in [-0.4, -0.2) is 33.3 Å². The lowest BCUT2D eigenvalue weighted by molar-refractivity contribution is -0.140. The summed E-state index contributed by atoms with van der Waals surface area (Å²) in [6, 6.07) is 12.0. The van der Waals surface area contributed by atoms with Gasteiger partial charge in [0.1, 0.15) is 5.75 Å². The fourth-order valence-electron chi connectivity index (χ4n) is 3.43. The van der Waals surface area contributed by atoms with Crippen molar-refractivity contribution >= 4 is 34.9 Å². The molecule has 3 rings (SSSR count). The van der Waals surface area contributed by atoms with E-state index in [0.717, 1.165) is 10.1 Å². The quantitative estimate of drug-likeness (QED) is 0.311. The number of H-pyrrole nitrogens is 1. The van der Waals surface area contributed by atoms with Crippen LogP contribution in [0.2, 0.25) is 10.0 Å². The van der Waals surface area contributed by atoms with Gasteiger partial charge in [0.05, 0.1) is 30.5 Å². The fraction of sp³-hybridized carbons (Fsp3) is 0.360. The summed E-state index contributed by atoms with van der Waals surface area (Å²) in [5, 5.41) is 0.923. The van der Waals surface area contributed by atoms with Gasteiger partial charge in [0.15, 0.2) is 0 Å². The molecule has 0 saturated carbocycles. The van der Waals surface area contributed by atoms with E-state index in [2.05, 4.69) is 14.7 Å². The Morgan fingerprint density at radius 1 is 1.06 bits per heavy atom. The highest BCUT2D eigenvalue weighted by Crippen LogP contribution is 2.29. The largest absolute Gasteiger partial charge is 0.489 e. The zero-order chi connectivity index (χ0) is 26.2. The van der Waals surface area contributed by atoms with Gasteiger partial charge in [-0.3, -0.25) is 14.3 Å². The van der Waals surface area contributed by atoms with Crippen molar-refractivity contribution < 1.29 is 14.3 Å². The Morgan fingerprint density at radius 2 is 1.78 bits per heavy atom. The third-order valence-electron chi connectivity index (χ3n) is 5.19. The van der Waals surface area contributed by atoms with E-state index in [1.54, 1.807) is 42.5 Å². The van der Waals surface area contributed by atoms with Gasteiger partial charge < -0.3 is 9.47 Å². The van der Waals surface area contributed by atoms with Crippen molar-refractivity contribution in [2.75, 3.05) is 7.11 Å². The second-order valence-electron chi connectivity index (χ2n) is 8.33. The highest BCUT2D eigenvalue weighted by Gasteiger charge is 2.11. The lowest BCUT2D eigenvalue weighted by Gasteiger charge is -2.12. The summed E-state index contributed by atoms with van der Waals surface area (Å²) in [6.45, 7) is 4.07. The third-order valence-corrected chi connectivity index (χ3v) is 5.74. The van der Waals surface area contributed by atoms with Crippen molar-refractivity contribution in [2.45, 2.75) is 52.3 Å². The number of esters is 1. The van der Waals surface area contributed by atoms with Crippen LogP contribution in [0.15, 0.2) is 57.0 Å². The average Bonchev–Trinajstić information content (AvgIpc) is 2.83. The maximum Gasteiger partial charge on any atom is 0.335 e. The second kappa shape index (κ2) is 12.6. The first kappa shape index (κ1) is 27.3. The number of aromatic amines is 1. The molecular formula is C25H28Cl2N4O5. The van der Waals surface area contributed by atoms with E-state index in [1.807, 2.05) is 13.8 Å². The zero-order valence-corrected chi connectivity index (χ0v) is 21.8. The predicted molar refractivity (Wildman–Crippen MR) is 138 cm³/mol. The minimum atomic E-state index is -0.602. The Balaban J connectivity index is 2.03. The average molecular weight is 535 g/mol. The number of rotatable bonds is 10. The van der Waals surface area contributed by atoms with Crippen molar-refractivity contribution in [1.82, 2.24) is 14.1 Å². The van der Waals surface area contributed by atoms with E-state index >= 15 is 0 Å². The first-order valence-electron chi connectivity index (χ1n) is 11.4. The number of aromatic nitrogens is 3. The number of carbonyl (C=O) groups excluding carboxylic acids is 1. The monoisotopic (exact) mass is 534 g/mol. The molecule has 1 N–H and O–H groups in total. The van der Waals surface area contributed by atoms with Gasteiger partial charge in [0.25, 0.3) is 0 Å².